The van der Waals surface area contributed by atoms with Crippen molar-refractivity contribution in [2.24, 2.45) is 10.7 Å². The molecule has 0 spiro atoms. The number of benzene rings is 3. The minimum atomic E-state index is -1.34. The lowest BCUT2D eigenvalue weighted by Gasteiger charge is -2.42. The molecule has 4 aliphatic heterocycles. The number of aliphatic imine (C=N–C) groups is 1. The Morgan fingerprint density at radius 3 is 2.22 bits per heavy atom. The van der Waals surface area contributed by atoms with E-state index in [1.165, 1.54) is 33.2 Å². The average molecular weight is 558 g/mol. The smallest absolute Gasteiger partial charge is 0.391 e. The molecule has 1 unspecified atom stereocenters. The molecule has 12 nitrogen and oxygen atoms in total. The van der Waals surface area contributed by atoms with Crippen molar-refractivity contribution in [1.29, 1.82) is 0 Å². The van der Waals surface area contributed by atoms with Crippen LogP contribution in [0.25, 0.3) is 0 Å². The number of methoxy groups -OCH3 is 3. The van der Waals surface area contributed by atoms with Crippen molar-refractivity contribution >= 4 is 40.6 Å². The number of carbonyl (C=O) groups excluding carboxylic acids is 3. The summed E-state index contributed by atoms with van der Waals surface area (Å²) in [5.74, 6) is -0.0946. The summed E-state index contributed by atoms with van der Waals surface area (Å²) in [6.07, 6.45) is -1.34. The second-order valence-electron chi connectivity index (χ2n) is 9.95. The Kier molecular flexibility index (Phi) is 5.98. The summed E-state index contributed by atoms with van der Waals surface area (Å²) in [5, 5.41) is 2.22. The second-order valence-corrected chi connectivity index (χ2v) is 9.95. The fourth-order valence-electron chi connectivity index (χ4n) is 5.69. The lowest BCUT2D eigenvalue weighted by molar-refractivity contribution is -0.166. The Labute approximate surface area is 236 Å². The number of likely N-dealkylation sites (N-methyl/N-ethyl adjacent to an activating group) is 1. The van der Waals surface area contributed by atoms with Crippen molar-refractivity contribution in [3.05, 3.63) is 71.8 Å². The van der Waals surface area contributed by atoms with Crippen LogP contribution in [0.15, 0.2) is 65.7 Å². The van der Waals surface area contributed by atoms with Gasteiger partial charge in [-0.2, -0.15) is 0 Å². The number of hydrazine groups is 1. The number of urea groups is 1. The predicted molar refractivity (Wildman–Crippen MR) is 151 cm³/mol. The van der Waals surface area contributed by atoms with Gasteiger partial charge >= 0.3 is 17.8 Å². The third-order valence-electron chi connectivity index (χ3n) is 7.61. The molecule has 0 radical (unpaired) electrons. The van der Waals surface area contributed by atoms with Crippen LogP contribution in [0.4, 0.5) is 21.9 Å². The Balaban J connectivity index is 1.73. The molecule has 41 heavy (non-hydrogen) atoms. The first-order valence-corrected chi connectivity index (χ1v) is 12.9. The Bertz CT molecular complexity index is 1610. The molecular formula is C29H29N6O6+. The molecule has 0 saturated carbocycles. The van der Waals surface area contributed by atoms with Gasteiger partial charge in [-0.3, -0.25) is 9.69 Å². The molecule has 6 bridgehead atoms. The van der Waals surface area contributed by atoms with E-state index in [1.807, 2.05) is 30.3 Å². The molecule has 3 aromatic rings. The van der Waals surface area contributed by atoms with E-state index in [1.54, 1.807) is 37.4 Å². The average Bonchev–Trinajstić information content (AvgIpc) is 3.14. The van der Waals surface area contributed by atoms with Gasteiger partial charge in [0.1, 0.15) is 7.05 Å². The number of amides is 4. The highest BCUT2D eigenvalue weighted by molar-refractivity contribution is 6.25. The summed E-state index contributed by atoms with van der Waals surface area (Å²) in [4.78, 5) is 48.9. The first-order chi connectivity index (χ1) is 19.7. The molecule has 4 aliphatic rings. The topological polar surface area (TPSA) is 127 Å². The van der Waals surface area contributed by atoms with Crippen LogP contribution in [0.1, 0.15) is 18.1 Å². The third kappa shape index (κ3) is 3.47. The van der Waals surface area contributed by atoms with Crippen LogP contribution < -0.4 is 29.4 Å². The van der Waals surface area contributed by atoms with Crippen LogP contribution in [0.5, 0.6) is 17.2 Å². The molecule has 1 fully saturated rings. The molecule has 210 valence electrons. The minimum absolute atomic E-state index is 0.321. The highest BCUT2D eigenvalue weighted by Crippen LogP contribution is 2.50. The highest BCUT2D eigenvalue weighted by Gasteiger charge is 2.67. The molecule has 1 saturated heterocycles. The predicted octanol–water partition coefficient (Wildman–Crippen LogP) is 2.95. The monoisotopic (exact) mass is 557 g/mol. The van der Waals surface area contributed by atoms with Crippen molar-refractivity contribution < 1.29 is 28.6 Å². The van der Waals surface area contributed by atoms with Crippen LogP contribution in [-0.2, 0) is 9.59 Å². The van der Waals surface area contributed by atoms with Crippen molar-refractivity contribution in [2.75, 3.05) is 33.3 Å². The number of hydrogen-bond donors (Lipinski definition) is 1. The number of anilines is 2. The minimum Gasteiger partial charge on any atom is -0.493 e. The molecule has 3 aromatic carbocycles. The van der Waals surface area contributed by atoms with Gasteiger partial charge in [-0.25, -0.2) is 14.6 Å². The lowest BCUT2D eigenvalue weighted by atomic mass is 9.96. The van der Waals surface area contributed by atoms with Gasteiger partial charge in [-0.05, 0) is 13.0 Å². The molecule has 4 amide bonds. The SMILES string of the molecule is COc1cc(N2C(=O)N3C4N=C(c5ccccc5)c5c2cccc5[N@+](C)(C4=O)N3C(=O)[C@H](C)N)cc(OC)c1OC. The zero-order valence-electron chi connectivity index (χ0n) is 23.2. The number of fused-ring (bicyclic) bond motifs is 1. The van der Waals surface area contributed by atoms with E-state index >= 15 is 0 Å². The lowest BCUT2D eigenvalue weighted by Crippen LogP contribution is -2.67. The third-order valence-corrected chi connectivity index (χ3v) is 7.61. The van der Waals surface area contributed by atoms with Gasteiger partial charge in [0.2, 0.25) is 5.75 Å². The molecule has 12 heteroatoms. The van der Waals surface area contributed by atoms with Crippen molar-refractivity contribution in [3.8, 4) is 17.2 Å². The van der Waals surface area contributed by atoms with E-state index in [9.17, 15) is 14.4 Å². The van der Waals surface area contributed by atoms with Crippen molar-refractivity contribution in [3.63, 3.8) is 0 Å². The number of hydrogen-bond acceptors (Lipinski definition) is 8. The van der Waals surface area contributed by atoms with E-state index in [2.05, 4.69) is 0 Å². The summed E-state index contributed by atoms with van der Waals surface area (Å²) < 4.78 is 16.0. The van der Waals surface area contributed by atoms with Gasteiger partial charge in [0.15, 0.2) is 17.2 Å². The molecule has 0 aliphatic carbocycles. The summed E-state index contributed by atoms with van der Waals surface area (Å²) in [7, 11) is 6.03. The van der Waals surface area contributed by atoms with Crippen LogP contribution in [0.3, 0.4) is 0 Å². The van der Waals surface area contributed by atoms with E-state index in [0.29, 0.717) is 45.6 Å². The van der Waals surface area contributed by atoms with Gasteiger partial charge in [0, 0.05) is 23.8 Å². The largest absolute Gasteiger partial charge is 0.493 e. The molecular weight excluding hydrogens is 528 g/mol. The normalized spacial score (nSPS) is 21.4. The van der Waals surface area contributed by atoms with Gasteiger partial charge in [-0.1, -0.05) is 41.5 Å². The van der Waals surface area contributed by atoms with Gasteiger partial charge in [0.05, 0.1) is 50.0 Å². The van der Waals surface area contributed by atoms with Gasteiger partial charge in [0.25, 0.3) is 6.17 Å². The quantitative estimate of drug-likeness (QED) is 0.462. The number of carbonyl (C=O) groups is 3. The number of quaternary nitrogens is 1. The van der Waals surface area contributed by atoms with Crippen LogP contribution in [0, 0.1) is 0 Å². The summed E-state index contributed by atoms with van der Waals surface area (Å²) in [6.45, 7) is 1.51. The summed E-state index contributed by atoms with van der Waals surface area (Å²) in [6, 6.07) is 16.3. The van der Waals surface area contributed by atoms with Crippen LogP contribution in [-0.4, -0.2) is 74.3 Å². The number of rotatable bonds is 6. The fourth-order valence-corrected chi connectivity index (χ4v) is 5.69. The highest BCUT2D eigenvalue weighted by atomic mass is 16.5. The molecule has 0 aromatic heterocycles. The first-order valence-electron chi connectivity index (χ1n) is 12.9. The Morgan fingerprint density at radius 2 is 1.63 bits per heavy atom. The summed E-state index contributed by atoms with van der Waals surface area (Å²) in [5.41, 5.74) is 9.15. The van der Waals surface area contributed by atoms with E-state index in [4.69, 9.17) is 24.9 Å². The van der Waals surface area contributed by atoms with E-state index in [-0.39, 0.29) is 0 Å². The maximum atomic E-state index is 14.7. The fraction of sp³-hybridized carbons (Fsp3) is 0.241. The van der Waals surface area contributed by atoms with Gasteiger partial charge < -0.3 is 19.9 Å². The first kappa shape index (κ1) is 26.3. The number of nitrogens with zero attached hydrogens (tertiary/aromatic N) is 5. The van der Waals surface area contributed by atoms with Crippen molar-refractivity contribution in [2.45, 2.75) is 19.1 Å². The number of nitrogens with two attached hydrogens (primary N) is 1. The van der Waals surface area contributed by atoms with Gasteiger partial charge in [-0.15, -0.1) is 9.60 Å². The van der Waals surface area contributed by atoms with E-state index < -0.39 is 34.6 Å². The van der Waals surface area contributed by atoms with Crippen molar-refractivity contribution in [1.82, 2.24) is 14.7 Å². The molecule has 4 heterocycles. The number of ether oxygens (including phenoxy) is 3. The molecule has 2 N–H and O–H groups in total. The summed E-state index contributed by atoms with van der Waals surface area (Å²) >= 11 is 0. The van der Waals surface area contributed by atoms with Crippen LogP contribution >= 0.6 is 0 Å². The molecule has 3 atom stereocenters. The van der Waals surface area contributed by atoms with Crippen LogP contribution in [0.2, 0.25) is 0 Å². The maximum absolute atomic E-state index is 14.7. The second kappa shape index (κ2) is 9.32. The molecule has 7 rings (SSSR count). The Morgan fingerprint density at radius 1 is 0.976 bits per heavy atom. The van der Waals surface area contributed by atoms with E-state index in [0.717, 1.165) is 15.7 Å². The maximum Gasteiger partial charge on any atom is 0.391 e. The zero-order chi connectivity index (χ0) is 29.2. The zero-order valence-corrected chi connectivity index (χ0v) is 23.2. The Hall–Kier alpha value is -4.94. The standard InChI is InChI=1S/C29H29N6O6/c1-16(30)27(36)34-33-26-28(37)35(34,2)20-13-9-12-19(23(20)24(31-26)17-10-7-6-8-11-17)32(29(33)38)18-14-21(39-3)25(41-5)22(15-18)40-4/h6-16,26H,30H2,1-5H3/q+1/t16-,26?,35+/m0/s1.